The van der Waals surface area contributed by atoms with Crippen LogP contribution in [-0.4, -0.2) is 28.2 Å². The molecule has 0 atom stereocenters. The van der Waals surface area contributed by atoms with Crippen LogP contribution in [0, 0.1) is 5.92 Å². The number of sulfonamides is 1. The van der Waals surface area contributed by atoms with Crippen molar-refractivity contribution in [2.45, 2.75) is 18.7 Å². The molecule has 0 radical (unpaired) electrons. The second kappa shape index (κ2) is 7.74. The molecule has 0 unspecified atom stereocenters. The van der Waals surface area contributed by atoms with Gasteiger partial charge in [0.1, 0.15) is 12.4 Å². The zero-order chi connectivity index (χ0) is 15.3. The fourth-order valence-corrected chi connectivity index (χ4v) is 3.64. The van der Waals surface area contributed by atoms with E-state index in [0.29, 0.717) is 40.4 Å². The molecule has 1 rings (SSSR count). The summed E-state index contributed by atoms with van der Waals surface area (Å²) in [6, 6.07) is 2.81. The highest BCUT2D eigenvalue weighted by Crippen LogP contribution is 2.35. The highest BCUT2D eigenvalue weighted by atomic mass is 79.9. The van der Waals surface area contributed by atoms with Crippen LogP contribution >= 0.6 is 31.9 Å². The monoisotopic (exact) mass is 429 g/mol. The van der Waals surface area contributed by atoms with Gasteiger partial charge >= 0.3 is 0 Å². The van der Waals surface area contributed by atoms with Crippen LogP contribution in [0.2, 0.25) is 0 Å². The highest BCUT2D eigenvalue weighted by molar-refractivity contribution is 9.11. The van der Waals surface area contributed by atoms with E-state index in [2.05, 4.69) is 45.7 Å². The normalized spacial score (nSPS) is 11.9. The summed E-state index contributed by atoms with van der Waals surface area (Å²) in [5, 5.41) is 5.08. The highest BCUT2D eigenvalue weighted by Gasteiger charge is 2.15. The van der Waals surface area contributed by atoms with Crippen LogP contribution in [0.1, 0.15) is 13.8 Å². The van der Waals surface area contributed by atoms with Gasteiger partial charge in [0.15, 0.2) is 0 Å². The van der Waals surface area contributed by atoms with Gasteiger partial charge in [-0.05, 0) is 49.9 Å². The van der Waals surface area contributed by atoms with Gasteiger partial charge in [0.05, 0.1) is 20.4 Å². The zero-order valence-corrected chi connectivity index (χ0v) is 15.2. The maximum atomic E-state index is 11.3. The van der Waals surface area contributed by atoms with Crippen LogP contribution in [-0.2, 0) is 14.8 Å². The average Bonchev–Trinajstić information content (AvgIpc) is 2.29. The molecule has 0 amide bonds. The topological polar surface area (TPSA) is 78.6 Å². The minimum Gasteiger partial charge on any atom is -0.489 e. The van der Waals surface area contributed by atoms with Crippen LogP contribution in [0.5, 0.6) is 5.75 Å². The number of rotatable bonds is 7. The maximum absolute atomic E-state index is 11.3. The largest absolute Gasteiger partial charge is 0.489 e. The second-order valence-corrected chi connectivity index (χ2v) is 7.85. The zero-order valence-electron chi connectivity index (χ0n) is 11.2. The van der Waals surface area contributed by atoms with E-state index in [9.17, 15) is 8.42 Å². The fourth-order valence-electron chi connectivity index (χ4n) is 1.36. The molecule has 0 saturated carbocycles. The number of hydrogen-bond donors (Lipinski definition) is 1. The first-order chi connectivity index (χ1) is 9.21. The molecule has 114 valence electrons. The smallest absolute Gasteiger partial charge is 0.238 e. The van der Waals surface area contributed by atoms with E-state index in [0.717, 1.165) is 0 Å². The van der Waals surface area contributed by atoms with Crippen molar-refractivity contribution in [3.8, 4) is 5.75 Å². The van der Waals surface area contributed by atoms with Crippen molar-refractivity contribution in [2.24, 2.45) is 11.1 Å². The molecule has 0 aliphatic rings. The van der Waals surface area contributed by atoms with E-state index in [4.69, 9.17) is 14.6 Å². The first kappa shape index (κ1) is 17.9. The lowest BCUT2D eigenvalue weighted by Crippen LogP contribution is -2.13. The molecule has 1 aromatic carbocycles. The van der Waals surface area contributed by atoms with E-state index in [1.165, 1.54) is 12.1 Å². The summed E-state index contributed by atoms with van der Waals surface area (Å²) in [6.07, 6.45) is 0. The van der Waals surface area contributed by atoms with E-state index in [1.54, 1.807) is 0 Å². The van der Waals surface area contributed by atoms with Crippen molar-refractivity contribution in [1.29, 1.82) is 0 Å². The number of benzene rings is 1. The van der Waals surface area contributed by atoms with Gasteiger partial charge in [0.2, 0.25) is 10.0 Å². The molecule has 1 aromatic rings. The van der Waals surface area contributed by atoms with Gasteiger partial charge in [0, 0.05) is 6.61 Å². The first-order valence-electron chi connectivity index (χ1n) is 5.94. The Kier molecular flexibility index (Phi) is 6.93. The van der Waals surface area contributed by atoms with Crippen molar-refractivity contribution in [2.75, 3.05) is 19.8 Å². The SMILES string of the molecule is CC(C)COCCOc1c(Br)cc(S(N)(=O)=O)cc1Br. The molecule has 5 nitrogen and oxygen atoms in total. The van der Waals surface area contributed by atoms with Crippen molar-refractivity contribution < 1.29 is 17.9 Å². The van der Waals surface area contributed by atoms with Crippen molar-refractivity contribution in [3.63, 3.8) is 0 Å². The van der Waals surface area contributed by atoms with E-state index < -0.39 is 10.0 Å². The van der Waals surface area contributed by atoms with E-state index >= 15 is 0 Å². The Hall–Kier alpha value is -0.150. The standard InChI is InChI=1S/C12H17Br2NO4S/c1-8(2)7-18-3-4-19-12-10(13)5-9(6-11(12)14)20(15,16)17/h5-6,8H,3-4,7H2,1-2H3,(H2,15,16,17). The number of nitrogens with two attached hydrogens (primary N) is 1. The van der Waals surface area contributed by atoms with Gasteiger partial charge in [-0.15, -0.1) is 0 Å². The number of halogens is 2. The van der Waals surface area contributed by atoms with Gasteiger partial charge in [-0.1, -0.05) is 13.8 Å². The molecular weight excluding hydrogens is 414 g/mol. The predicted molar refractivity (Wildman–Crippen MR) is 84.4 cm³/mol. The molecule has 20 heavy (non-hydrogen) atoms. The third-order valence-electron chi connectivity index (χ3n) is 2.23. The Morgan fingerprint density at radius 3 is 2.20 bits per heavy atom. The summed E-state index contributed by atoms with van der Waals surface area (Å²) in [5.74, 6) is 0.994. The predicted octanol–water partition coefficient (Wildman–Crippen LogP) is 2.91. The molecule has 0 saturated heterocycles. The van der Waals surface area contributed by atoms with E-state index in [-0.39, 0.29) is 4.90 Å². The Morgan fingerprint density at radius 1 is 1.20 bits per heavy atom. The summed E-state index contributed by atoms with van der Waals surface area (Å²) in [4.78, 5) is 0.0136. The molecule has 0 bridgehead atoms. The van der Waals surface area contributed by atoms with Crippen LogP contribution in [0.3, 0.4) is 0 Å². The van der Waals surface area contributed by atoms with Gasteiger partial charge in [-0.25, -0.2) is 13.6 Å². The minimum atomic E-state index is -3.74. The molecule has 2 N–H and O–H groups in total. The third-order valence-corrected chi connectivity index (χ3v) is 4.30. The summed E-state index contributed by atoms with van der Waals surface area (Å²) >= 11 is 6.53. The van der Waals surface area contributed by atoms with Gasteiger partial charge in [-0.2, -0.15) is 0 Å². The molecule has 0 heterocycles. The minimum absolute atomic E-state index is 0.0136. The number of primary sulfonamides is 1. The molecule has 0 aliphatic carbocycles. The lowest BCUT2D eigenvalue weighted by atomic mass is 10.2. The first-order valence-corrected chi connectivity index (χ1v) is 9.07. The summed E-state index contributed by atoms with van der Waals surface area (Å²) < 4.78 is 34.6. The molecule has 0 fully saturated rings. The van der Waals surface area contributed by atoms with Crippen molar-refractivity contribution >= 4 is 41.9 Å². The van der Waals surface area contributed by atoms with Gasteiger partial charge < -0.3 is 9.47 Å². The average molecular weight is 431 g/mol. The second-order valence-electron chi connectivity index (χ2n) is 4.58. The van der Waals surface area contributed by atoms with Crippen LogP contribution < -0.4 is 9.88 Å². The van der Waals surface area contributed by atoms with Gasteiger partial charge in [-0.3, -0.25) is 0 Å². The molecular formula is C12H17Br2NO4S. The molecule has 0 aromatic heterocycles. The Labute approximate surface area is 136 Å². The lowest BCUT2D eigenvalue weighted by molar-refractivity contribution is 0.0814. The summed E-state index contributed by atoms with van der Waals surface area (Å²) in [7, 11) is -3.74. The lowest BCUT2D eigenvalue weighted by Gasteiger charge is -2.12. The Balaban J connectivity index is 2.68. The number of hydrogen-bond acceptors (Lipinski definition) is 4. The van der Waals surface area contributed by atoms with E-state index in [1.807, 2.05) is 0 Å². The molecule has 8 heteroatoms. The summed E-state index contributed by atoms with van der Waals surface area (Å²) in [5.41, 5.74) is 0. The van der Waals surface area contributed by atoms with Gasteiger partial charge in [0.25, 0.3) is 0 Å². The Bertz CT molecular complexity index is 538. The van der Waals surface area contributed by atoms with Crippen molar-refractivity contribution in [1.82, 2.24) is 0 Å². The Morgan fingerprint density at radius 2 is 1.75 bits per heavy atom. The van der Waals surface area contributed by atoms with Crippen LogP contribution in [0.25, 0.3) is 0 Å². The fraction of sp³-hybridized carbons (Fsp3) is 0.500. The van der Waals surface area contributed by atoms with Crippen LogP contribution in [0.4, 0.5) is 0 Å². The third kappa shape index (κ3) is 5.69. The molecule has 0 aliphatic heterocycles. The molecule has 0 spiro atoms. The van der Waals surface area contributed by atoms with Crippen LogP contribution in [0.15, 0.2) is 26.0 Å². The quantitative estimate of drug-likeness (QED) is 0.674. The summed E-state index contributed by atoms with van der Waals surface area (Å²) in [6.45, 7) is 5.66. The maximum Gasteiger partial charge on any atom is 0.238 e. The number of ether oxygens (including phenoxy) is 2. The van der Waals surface area contributed by atoms with Crippen molar-refractivity contribution in [3.05, 3.63) is 21.1 Å².